The van der Waals surface area contributed by atoms with E-state index in [2.05, 4.69) is 5.32 Å². The van der Waals surface area contributed by atoms with Crippen LogP contribution in [0.5, 0.6) is 28.7 Å². The van der Waals surface area contributed by atoms with E-state index in [1.165, 1.54) is 0 Å². The number of nitrogens with one attached hydrogen (secondary N) is 1. The van der Waals surface area contributed by atoms with Gasteiger partial charge in [0.25, 0.3) is 0 Å². The lowest BCUT2D eigenvalue weighted by atomic mass is 9.83. The first-order valence-electron chi connectivity index (χ1n) is 12.4. The average Bonchev–Trinajstić information content (AvgIpc) is 2.96. The molecule has 3 aromatic carbocycles. The molecule has 2 heterocycles. The predicted molar refractivity (Wildman–Crippen MR) is 142 cm³/mol. The lowest BCUT2D eigenvalue weighted by Gasteiger charge is -2.41. The van der Waals surface area contributed by atoms with Gasteiger partial charge in [0.1, 0.15) is 19.0 Å². The van der Waals surface area contributed by atoms with E-state index < -0.39 is 12.0 Å². The number of benzene rings is 3. The molecule has 2 aliphatic heterocycles. The van der Waals surface area contributed by atoms with Crippen LogP contribution in [0.3, 0.4) is 0 Å². The van der Waals surface area contributed by atoms with Crippen molar-refractivity contribution in [2.75, 3.05) is 44.8 Å². The van der Waals surface area contributed by atoms with E-state index in [0.29, 0.717) is 59.8 Å². The molecule has 38 heavy (non-hydrogen) atoms. The first-order chi connectivity index (χ1) is 18.5. The molecular formula is C29H30N2O7. The van der Waals surface area contributed by atoms with Crippen molar-refractivity contribution in [3.05, 3.63) is 66.2 Å². The third kappa shape index (κ3) is 4.91. The summed E-state index contributed by atoms with van der Waals surface area (Å²) >= 11 is 0. The molecule has 0 saturated carbocycles. The molecule has 0 aromatic heterocycles. The van der Waals surface area contributed by atoms with Gasteiger partial charge in [-0.05, 0) is 60.5 Å². The summed E-state index contributed by atoms with van der Waals surface area (Å²) in [7, 11) is 4.71. The predicted octanol–water partition coefficient (Wildman–Crippen LogP) is 4.61. The Morgan fingerprint density at radius 1 is 0.868 bits per heavy atom. The molecule has 2 atom stereocenters. The normalized spacial score (nSPS) is 18.5. The number of amides is 2. The molecule has 0 bridgehead atoms. The van der Waals surface area contributed by atoms with Gasteiger partial charge in [-0.3, -0.25) is 9.59 Å². The SMILES string of the molecule is COc1ccc(N2C(=O)CCC(C(=O)Nc3ccc4c(c3)OCCO4)C2c2ccc(OC)c(OC)c2)cc1. The Bertz CT molecular complexity index is 1330. The third-order valence-electron chi connectivity index (χ3n) is 6.84. The number of nitrogens with zero attached hydrogens (tertiary/aromatic N) is 1. The maximum Gasteiger partial charge on any atom is 0.229 e. The first-order valence-corrected chi connectivity index (χ1v) is 12.4. The molecule has 9 heteroatoms. The Labute approximate surface area is 221 Å². The molecule has 1 fully saturated rings. The standard InChI is InChI=1S/C29H30N2O7/c1-34-21-8-6-20(7-9-21)31-27(32)13-10-22(28(31)18-4-11-23(35-2)25(16-18)36-3)29(33)30-19-5-12-24-26(17-19)38-15-14-37-24/h4-9,11-12,16-17,22,28H,10,13-15H2,1-3H3,(H,30,33). The summed E-state index contributed by atoms with van der Waals surface area (Å²) in [6.07, 6.45) is 0.621. The van der Waals surface area contributed by atoms with E-state index in [1.807, 2.05) is 24.3 Å². The zero-order valence-electron chi connectivity index (χ0n) is 21.6. The smallest absolute Gasteiger partial charge is 0.229 e. The highest BCUT2D eigenvalue weighted by Gasteiger charge is 2.42. The van der Waals surface area contributed by atoms with Crippen LogP contribution in [0.1, 0.15) is 24.4 Å². The van der Waals surface area contributed by atoms with Crippen molar-refractivity contribution in [2.45, 2.75) is 18.9 Å². The van der Waals surface area contributed by atoms with Crippen LogP contribution in [-0.4, -0.2) is 46.4 Å². The molecule has 5 rings (SSSR count). The number of methoxy groups -OCH3 is 3. The molecule has 0 aliphatic carbocycles. The van der Waals surface area contributed by atoms with Crippen molar-refractivity contribution in [3.8, 4) is 28.7 Å². The number of hydrogen-bond donors (Lipinski definition) is 1. The monoisotopic (exact) mass is 518 g/mol. The minimum Gasteiger partial charge on any atom is -0.497 e. The quantitative estimate of drug-likeness (QED) is 0.488. The lowest BCUT2D eigenvalue weighted by Crippen LogP contribution is -2.47. The Morgan fingerprint density at radius 2 is 1.61 bits per heavy atom. The van der Waals surface area contributed by atoms with Crippen LogP contribution >= 0.6 is 0 Å². The Balaban J connectivity index is 1.52. The second-order valence-electron chi connectivity index (χ2n) is 9.01. The highest BCUT2D eigenvalue weighted by molar-refractivity contribution is 6.00. The van der Waals surface area contributed by atoms with E-state index in [9.17, 15) is 9.59 Å². The molecule has 3 aromatic rings. The van der Waals surface area contributed by atoms with E-state index >= 15 is 0 Å². The molecule has 2 amide bonds. The number of carbonyl (C=O) groups excluding carboxylic acids is 2. The topological polar surface area (TPSA) is 95.6 Å². The molecule has 9 nitrogen and oxygen atoms in total. The molecule has 1 N–H and O–H groups in total. The van der Waals surface area contributed by atoms with E-state index in [0.717, 1.165) is 5.56 Å². The number of hydrogen-bond acceptors (Lipinski definition) is 7. The van der Waals surface area contributed by atoms with E-state index in [4.69, 9.17) is 23.7 Å². The highest BCUT2D eigenvalue weighted by Crippen LogP contribution is 2.43. The maximum absolute atomic E-state index is 13.8. The van der Waals surface area contributed by atoms with Gasteiger partial charge >= 0.3 is 0 Å². The van der Waals surface area contributed by atoms with Gasteiger partial charge in [-0.25, -0.2) is 0 Å². The van der Waals surface area contributed by atoms with E-state index in [-0.39, 0.29) is 18.2 Å². The van der Waals surface area contributed by atoms with Crippen LogP contribution < -0.4 is 33.9 Å². The van der Waals surface area contributed by atoms with Gasteiger partial charge in [0.05, 0.1) is 33.3 Å². The second-order valence-corrected chi connectivity index (χ2v) is 9.01. The van der Waals surface area contributed by atoms with Crippen molar-refractivity contribution < 1.29 is 33.3 Å². The largest absolute Gasteiger partial charge is 0.497 e. The second kappa shape index (κ2) is 10.9. The number of ether oxygens (including phenoxy) is 5. The fraction of sp³-hybridized carbons (Fsp3) is 0.310. The van der Waals surface area contributed by atoms with Gasteiger partial charge in [-0.15, -0.1) is 0 Å². The summed E-state index contributed by atoms with van der Waals surface area (Å²) in [6, 6.07) is 17.5. The Hall–Kier alpha value is -4.40. The molecule has 2 unspecified atom stereocenters. The number of anilines is 2. The maximum atomic E-state index is 13.8. The number of rotatable bonds is 7. The van der Waals surface area contributed by atoms with Gasteiger partial charge in [-0.2, -0.15) is 0 Å². The van der Waals surface area contributed by atoms with Gasteiger partial charge in [0.2, 0.25) is 11.8 Å². The number of fused-ring (bicyclic) bond motifs is 1. The van der Waals surface area contributed by atoms with Crippen molar-refractivity contribution in [2.24, 2.45) is 5.92 Å². The van der Waals surface area contributed by atoms with Crippen molar-refractivity contribution in [3.63, 3.8) is 0 Å². The summed E-state index contributed by atoms with van der Waals surface area (Å²) in [5.74, 6) is 2.17. The molecule has 1 saturated heterocycles. The number of carbonyl (C=O) groups is 2. The van der Waals surface area contributed by atoms with Crippen LogP contribution in [0, 0.1) is 5.92 Å². The summed E-state index contributed by atoms with van der Waals surface area (Å²) in [4.78, 5) is 28.9. The zero-order chi connectivity index (χ0) is 26.6. The molecular weight excluding hydrogens is 488 g/mol. The van der Waals surface area contributed by atoms with Crippen LogP contribution in [0.15, 0.2) is 60.7 Å². The first kappa shape index (κ1) is 25.3. The minimum absolute atomic E-state index is 0.0710. The van der Waals surface area contributed by atoms with Crippen LogP contribution in [0.2, 0.25) is 0 Å². The molecule has 198 valence electrons. The average molecular weight is 519 g/mol. The van der Waals surface area contributed by atoms with Crippen LogP contribution in [-0.2, 0) is 9.59 Å². The minimum atomic E-state index is -0.582. The van der Waals surface area contributed by atoms with Gasteiger partial charge in [-0.1, -0.05) is 6.07 Å². The number of piperidine rings is 1. The van der Waals surface area contributed by atoms with Gasteiger partial charge in [0.15, 0.2) is 23.0 Å². The zero-order valence-corrected chi connectivity index (χ0v) is 21.6. The van der Waals surface area contributed by atoms with Crippen molar-refractivity contribution in [1.82, 2.24) is 0 Å². The van der Waals surface area contributed by atoms with Crippen molar-refractivity contribution in [1.29, 1.82) is 0 Å². The lowest BCUT2D eigenvalue weighted by molar-refractivity contribution is -0.125. The summed E-state index contributed by atoms with van der Waals surface area (Å²) in [5.41, 5.74) is 2.03. The molecule has 0 spiro atoms. The fourth-order valence-electron chi connectivity index (χ4n) is 4.99. The third-order valence-corrected chi connectivity index (χ3v) is 6.84. The van der Waals surface area contributed by atoms with Gasteiger partial charge in [0, 0.05) is 23.9 Å². The summed E-state index contributed by atoms with van der Waals surface area (Å²) in [6.45, 7) is 0.941. The Morgan fingerprint density at radius 3 is 2.32 bits per heavy atom. The van der Waals surface area contributed by atoms with Crippen LogP contribution in [0.25, 0.3) is 0 Å². The van der Waals surface area contributed by atoms with E-state index in [1.54, 1.807) is 62.6 Å². The van der Waals surface area contributed by atoms with Gasteiger partial charge < -0.3 is 33.9 Å². The Kier molecular flexibility index (Phi) is 7.26. The molecule has 2 aliphatic rings. The summed E-state index contributed by atoms with van der Waals surface area (Å²) < 4.78 is 27.5. The highest BCUT2D eigenvalue weighted by atomic mass is 16.6. The van der Waals surface area contributed by atoms with Crippen molar-refractivity contribution >= 4 is 23.2 Å². The van der Waals surface area contributed by atoms with Crippen LogP contribution in [0.4, 0.5) is 11.4 Å². The molecule has 0 radical (unpaired) electrons. The fourth-order valence-corrected chi connectivity index (χ4v) is 4.99. The summed E-state index contributed by atoms with van der Waals surface area (Å²) in [5, 5.41) is 3.03.